The van der Waals surface area contributed by atoms with Crippen molar-refractivity contribution in [3.63, 3.8) is 0 Å². The molecule has 0 atom stereocenters. The third-order valence-corrected chi connectivity index (χ3v) is 4.62. The molecule has 6 N–H and O–H groups in total. The Bertz CT molecular complexity index is 520. The SMILES string of the molecule is CC(C)(N)CCN.O=C1NCN(c2ccccc2)C12CCNCC2. The van der Waals surface area contributed by atoms with Crippen molar-refractivity contribution in [2.75, 3.05) is 31.2 Å². The fourth-order valence-corrected chi connectivity index (χ4v) is 3.24. The second kappa shape index (κ2) is 7.96. The van der Waals surface area contributed by atoms with Crippen LogP contribution in [0.15, 0.2) is 30.3 Å². The van der Waals surface area contributed by atoms with Gasteiger partial charge < -0.3 is 27.0 Å². The molecule has 1 amide bonds. The minimum Gasteiger partial charge on any atom is -0.339 e. The van der Waals surface area contributed by atoms with Gasteiger partial charge in [-0.2, -0.15) is 0 Å². The van der Waals surface area contributed by atoms with Crippen LogP contribution in [0.4, 0.5) is 5.69 Å². The van der Waals surface area contributed by atoms with Crippen molar-refractivity contribution in [2.45, 2.75) is 44.2 Å². The van der Waals surface area contributed by atoms with Crippen LogP contribution in [0, 0.1) is 0 Å². The minimum absolute atomic E-state index is 0.0747. The first-order valence-electron chi connectivity index (χ1n) is 8.70. The van der Waals surface area contributed by atoms with Crippen LogP contribution in [0.25, 0.3) is 0 Å². The highest BCUT2D eigenvalue weighted by atomic mass is 16.2. The topological polar surface area (TPSA) is 96.4 Å². The molecule has 3 rings (SSSR count). The van der Waals surface area contributed by atoms with Crippen molar-refractivity contribution in [1.82, 2.24) is 10.6 Å². The monoisotopic (exact) mass is 333 g/mol. The maximum atomic E-state index is 12.2. The molecule has 0 bridgehead atoms. The van der Waals surface area contributed by atoms with Crippen LogP contribution in [0.5, 0.6) is 0 Å². The molecule has 6 nitrogen and oxygen atoms in total. The van der Waals surface area contributed by atoms with Crippen LogP contribution < -0.4 is 27.0 Å². The maximum Gasteiger partial charge on any atom is 0.247 e. The number of hydrogen-bond donors (Lipinski definition) is 4. The number of benzene rings is 1. The summed E-state index contributed by atoms with van der Waals surface area (Å²) in [5, 5.41) is 6.31. The lowest BCUT2D eigenvalue weighted by Gasteiger charge is -2.40. The summed E-state index contributed by atoms with van der Waals surface area (Å²) in [6.07, 6.45) is 2.66. The molecule has 0 aliphatic carbocycles. The van der Waals surface area contributed by atoms with Crippen LogP contribution >= 0.6 is 0 Å². The molecule has 2 saturated heterocycles. The average molecular weight is 333 g/mol. The lowest BCUT2D eigenvalue weighted by Crippen LogP contribution is -2.55. The first-order valence-corrected chi connectivity index (χ1v) is 8.70. The number of anilines is 1. The molecule has 2 heterocycles. The number of nitrogens with zero attached hydrogens (tertiary/aromatic N) is 1. The molecule has 0 saturated carbocycles. The molecule has 0 unspecified atom stereocenters. The average Bonchev–Trinajstić information content (AvgIpc) is 2.85. The number of piperidine rings is 1. The molecule has 1 aromatic rings. The van der Waals surface area contributed by atoms with Gasteiger partial charge in [-0.25, -0.2) is 0 Å². The smallest absolute Gasteiger partial charge is 0.247 e. The first kappa shape index (κ1) is 18.7. The van der Waals surface area contributed by atoms with Gasteiger partial charge in [-0.3, -0.25) is 4.79 Å². The van der Waals surface area contributed by atoms with E-state index in [1.54, 1.807) is 0 Å². The second-order valence-corrected chi connectivity index (χ2v) is 7.24. The molecule has 6 heteroatoms. The summed E-state index contributed by atoms with van der Waals surface area (Å²) in [6, 6.07) is 10.2. The number of carbonyl (C=O) groups is 1. The van der Waals surface area contributed by atoms with Gasteiger partial charge in [0.25, 0.3) is 0 Å². The summed E-state index contributed by atoms with van der Waals surface area (Å²) in [6.45, 7) is 7.08. The largest absolute Gasteiger partial charge is 0.339 e. The summed E-state index contributed by atoms with van der Waals surface area (Å²) in [4.78, 5) is 14.4. The molecule has 24 heavy (non-hydrogen) atoms. The Morgan fingerprint density at radius 3 is 2.33 bits per heavy atom. The highest BCUT2D eigenvalue weighted by Gasteiger charge is 2.48. The highest BCUT2D eigenvalue weighted by molar-refractivity contribution is 5.93. The Morgan fingerprint density at radius 1 is 1.21 bits per heavy atom. The van der Waals surface area contributed by atoms with E-state index >= 15 is 0 Å². The van der Waals surface area contributed by atoms with Crippen molar-refractivity contribution < 1.29 is 4.79 Å². The van der Waals surface area contributed by atoms with Gasteiger partial charge in [-0.05, 0) is 64.9 Å². The van der Waals surface area contributed by atoms with Gasteiger partial charge in [0.2, 0.25) is 5.91 Å². The highest BCUT2D eigenvalue weighted by Crippen LogP contribution is 2.34. The molecule has 134 valence electrons. The van der Waals surface area contributed by atoms with E-state index in [-0.39, 0.29) is 17.0 Å². The number of hydrogen-bond acceptors (Lipinski definition) is 5. The predicted octanol–water partition coefficient (Wildman–Crippen LogP) is 0.775. The third kappa shape index (κ3) is 4.47. The molecule has 1 aromatic carbocycles. The van der Waals surface area contributed by atoms with E-state index in [0.717, 1.165) is 38.0 Å². The van der Waals surface area contributed by atoms with Gasteiger partial charge in [0.1, 0.15) is 5.54 Å². The number of rotatable bonds is 3. The van der Waals surface area contributed by atoms with E-state index < -0.39 is 0 Å². The van der Waals surface area contributed by atoms with E-state index in [9.17, 15) is 4.79 Å². The van der Waals surface area contributed by atoms with E-state index in [0.29, 0.717) is 13.2 Å². The lowest BCUT2D eigenvalue weighted by atomic mass is 9.86. The lowest BCUT2D eigenvalue weighted by molar-refractivity contribution is -0.124. The van der Waals surface area contributed by atoms with E-state index in [1.165, 1.54) is 0 Å². The fourth-order valence-electron chi connectivity index (χ4n) is 3.24. The zero-order chi connectivity index (χ0) is 17.6. The number of amides is 1. The van der Waals surface area contributed by atoms with E-state index in [2.05, 4.69) is 27.7 Å². The molecular weight excluding hydrogens is 302 g/mol. The molecule has 0 radical (unpaired) electrons. The Balaban J connectivity index is 0.000000256. The van der Waals surface area contributed by atoms with Gasteiger partial charge in [-0.1, -0.05) is 18.2 Å². The van der Waals surface area contributed by atoms with Crippen LogP contribution in [0.2, 0.25) is 0 Å². The van der Waals surface area contributed by atoms with Gasteiger partial charge in [0, 0.05) is 11.2 Å². The zero-order valence-corrected chi connectivity index (χ0v) is 14.8. The standard InChI is InChI=1S/C13H17N3O.C5H14N2/c17-12-13(6-8-14-9-7-13)16(10-15-12)11-4-2-1-3-5-11;1-5(2,7)3-4-6/h1-5,14H,6-10H2,(H,15,17);3-4,6-7H2,1-2H3. The Kier molecular flexibility index (Phi) is 6.21. The molecule has 1 spiro atoms. The maximum absolute atomic E-state index is 12.2. The van der Waals surface area contributed by atoms with Gasteiger partial charge in [-0.15, -0.1) is 0 Å². The van der Waals surface area contributed by atoms with Gasteiger partial charge in [0.15, 0.2) is 0 Å². The summed E-state index contributed by atoms with van der Waals surface area (Å²) < 4.78 is 0. The predicted molar refractivity (Wildman–Crippen MR) is 98.7 cm³/mol. The van der Waals surface area contributed by atoms with E-state index in [1.807, 2.05) is 32.0 Å². The molecule has 2 fully saturated rings. The molecule has 2 aliphatic heterocycles. The fraction of sp³-hybridized carbons (Fsp3) is 0.611. The van der Waals surface area contributed by atoms with Crippen LogP contribution in [-0.2, 0) is 4.79 Å². The third-order valence-electron chi connectivity index (χ3n) is 4.62. The van der Waals surface area contributed by atoms with Crippen molar-refractivity contribution in [3.05, 3.63) is 30.3 Å². The van der Waals surface area contributed by atoms with Crippen molar-refractivity contribution in [2.24, 2.45) is 11.5 Å². The summed E-state index contributed by atoms with van der Waals surface area (Å²) in [5.74, 6) is 0.183. The Morgan fingerprint density at radius 2 is 1.83 bits per heavy atom. The first-order chi connectivity index (χ1) is 11.4. The molecule has 2 aliphatic rings. The van der Waals surface area contributed by atoms with Crippen LogP contribution in [-0.4, -0.2) is 43.3 Å². The van der Waals surface area contributed by atoms with Crippen LogP contribution in [0.3, 0.4) is 0 Å². The Hall–Kier alpha value is -1.63. The van der Waals surface area contributed by atoms with Crippen molar-refractivity contribution in [3.8, 4) is 0 Å². The summed E-state index contributed by atoms with van der Waals surface area (Å²) in [5.41, 5.74) is 11.5. The van der Waals surface area contributed by atoms with Crippen molar-refractivity contribution in [1.29, 1.82) is 0 Å². The van der Waals surface area contributed by atoms with E-state index in [4.69, 9.17) is 11.5 Å². The van der Waals surface area contributed by atoms with Crippen LogP contribution in [0.1, 0.15) is 33.1 Å². The molecule has 0 aromatic heterocycles. The number of nitrogens with one attached hydrogen (secondary N) is 2. The minimum atomic E-state index is -0.327. The zero-order valence-electron chi connectivity index (χ0n) is 14.8. The number of nitrogens with two attached hydrogens (primary N) is 2. The van der Waals surface area contributed by atoms with Gasteiger partial charge >= 0.3 is 0 Å². The van der Waals surface area contributed by atoms with Gasteiger partial charge in [0.05, 0.1) is 6.67 Å². The second-order valence-electron chi connectivity index (χ2n) is 7.24. The Labute approximate surface area is 145 Å². The summed E-state index contributed by atoms with van der Waals surface area (Å²) in [7, 11) is 0. The normalized spacial score (nSPS) is 19.7. The quantitative estimate of drug-likeness (QED) is 0.655. The number of carbonyl (C=O) groups excluding carboxylic acids is 1. The molecular formula is C18H31N5O. The number of para-hydroxylation sites is 1. The van der Waals surface area contributed by atoms with Crippen molar-refractivity contribution >= 4 is 11.6 Å². The summed E-state index contributed by atoms with van der Waals surface area (Å²) >= 11 is 0.